The zero-order chi connectivity index (χ0) is 26.1. The van der Waals surface area contributed by atoms with Crippen molar-refractivity contribution in [2.24, 2.45) is 0 Å². The van der Waals surface area contributed by atoms with Gasteiger partial charge in [-0.2, -0.15) is 0 Å². The van der Waals surface area contributed by atoms with E-state index in [9.17, 15) is 27.6 Å². The summed E-state index contributed by atoms with van der Waals surface area (Å²) in [7, 11) is 1.62. The predicted octanol–water partition coefficient (Wildman–Crippen LogP) is 4.51. The molecule has 9 heteroatoms. The van der Waals surface area contributed by atoms with Crippen molar-refractivity contribution in [3.63, 3.8) is 0 Å². The molecule has 1 aliphatic carbocycles. The van der Waals surface area contributed by atoms with Crippen LogP contribution < -0.4 is 5.32 Å². The maximum atomic E-state index is 13.9. The highest BCUT2D eigenvalue weighted by Gasteiger charge is 2.28. The number of carbonyl (C=O) groups is 3. The number of hydrogen-bond acceptors (Lipinski definition) is 5. The van der Waals surface area contributed by atoms with Crippen LogP contribution >= 0.6 is 0 Å². The van der Waals surface area contributed by atoms with E-state index in [1.165, 1.54) is 18.2 Å². The van der Waals surface area contributed by atoms with E-state index in [-0.39, 0.29) is 36.2 Å². The molecule has 0 bridgehead atoms. The predicted molar refractivity (Wildman–Crippen MR) is 128 cm³/mol. The quantitative estimate of drug-likeness (QED) is 0.294. The Morgan fingerprint density at radius 3 is 2.36 bits per heavy atom. The summed E-state index contributed by atoms with van der Waals surface area (Å²) in [5.41, 5.74) is 0.499. The summed E-state index contributed by atoms with van der Waals surface area (Å²) in [5.74, 6) is -4.14. The van der Waals surface area contributed by atoms with Gasteiger partial charge in [-0.15, -0.1) is 0 Å². The highest BCUT2D eigenvalue weighted by atomic mass is 19.2. The van der Waals surface area contributed by atoms with Crippen LogP contribution in [-0.2, 0) is 14.3 Å². The maximum Gasteiger partial charge on any atom is 0.330 e. The molecule has 192 valence electrons. The number of benzene rings is 2. The Hall–Kier alpha value is -3.46. The average molecular weight is 503 g/mol. The van der Waals surface area contributed by atoms with Gasteiger partial charge in [0, 0.05) is 24.2 Å². The molecular weight excluding hydrogens is 473 g/mol. The molecule has 1 saturated carbocycles. The molecule has 2 aromatic rings. The van der Waals surface area contributed by atoms with Crippen LogP contribution in [0, 0.1) is 17.5 Å². The van der Waals surface area contributed by atoms with Crippen molar-refractivity contribution in [3.05, 3.63) is 83.2 Å². The van der Waals surface area contributed by atoms with Crippen molar-refractivity contribution in [2.45, 2.75) is 44.2 Å². The summed E-state index contributed by atoms with van der Waals surface area (Å²) in [5, 5.41) is 3.01. The lowest BCUT2D eigenvalue weighted by molar-refractivity contribution is -0.138. The standard InChI is InChI=1S/C27H29F3N2O4/c1-32(15-16-36-25(34)14-13-24(33)18-7-10-20(28)11-8-18)26(19-9-12-22(29)23(30)17-19)27(35)31-21-5-3-2-4-6-21/h7-14,17,21,26H,2-6,15-16H2,1H3,(H,31,35)/b14-13+. The Balaban J connectivity index is 1.59. The number of ketones is 1. The van der Waals surface area contributed by atoms with Gasteiger partial charge < -0.3 is 10.1 Å². The first kappa shape index (κ1) is 27.1. The van der Waals surface area contributed by atoms with Crippen LogP contribution in [0.4, 0.5) is 13.2 Å². The summed E-state index contributed by atoms with van der Waals surface area (Å²) in [6, 6.07) is 7.32. The third kappa shape index (κ3) is 7.78. The van der Waals surface area contributed by atoms with Crippen LogP contribution in [0.25, 0.3) is 0 Å². The number of halogens is 3. The smallest absolute Gasteiger partial charge is 0.330 e. The van der Waals surface area contributed by atoms with E-state index in [1.807, 2.05) is 0 Å². The molecule has 0 spiro atoms. The van der Waals surface area contributed by atoms with Crippen LogP contribution in [0.5, 0.6) is 0 Å². The van der Waals surface area contributed by atoms with Crippen LogP contribution in [-0.4, -0.2) is 48.8 Å². The molecule has 6 nitrogen and oxygen atoms in total. The molecule has 0 aromatic heterocycles. The largest absolute Gasteiger partial charge is 0.461 e. The van der Waals surface area contributed by atoms with Gasteiger partial charge in [-0.1, -0.05) is 25.3 Å². The van der Waals surface area contributed by atoms with Crippen molar-refractivity contribution in [2.75, 3.05) is 20.2 Å². The lowest BCUT2D eigenvalue weighted by Gasteiger charge is -2.30. The van der Waals surface area contributed by atoms with E-state index < -0.39 is 35.2 Å². The summed E-state index contributed by atoms with van der Waals surface area (Å²) >= 11 is 0. The minimum atomic E-state index is -1.06. The average Bonchev–Trinajstić information content (AvgIpc) is 2.86. The second-order valence-electron chi connectivity index (χ2n) is 8.77. The first-order valence-corrected chi connectivity index (χ1v) is 11.8. The van der Waals surface area contributed by atoms with Gasteiger partial charge in [0.15, 0.2) is 17.4 Å². The molecule has 0 radical (unpaired) electrons. The maximum absolute atomic E-state index is 13.9. The Morgan fingerprint density at radius 2 is 1.69 bits per heavy atom. The number of esters is 1. The molecule has 3 rings (SSSR count). The molecule has 36 heavy (non-hydrogen) atoms. The summed E-state index contributed by atoms with van der Waals surface area (Å²) < 4.78 is 45.5. The zero-order valence-corrected chi connectivity index (χ0v) is 20.0. The molecule has 1 atom stereocenters. The fourth-order valence-electron chi connectivity index (χ4n) is 4.14. The summed E-state index contributed by atoms with van der Waals surface area (Å²) in [6.45, 7) is 0.00847. The van der Waals surface area contributed by atoms with Crippen molar-refractivity contribution in [1.82, 2.24) is 10.2 Å². The van der Waals surface area contributed by atoms with Crippen LogP contribution in [0.15, 0.2) is 54.6 Å². The number of nitrogens with zero attached hydrogens (tertiary/aromatic N) is 1. The van der Waals surface area contributed by atoms with Crippen molar-refractivity contribution >= 4 is 17.7 Å². The minimum Gasteiger partial charge on any atom is -0.461 e. The van der Waals surface area contributed by atoms with Crippen molar-refractivity contribution in [1.29, 1.82) is 0 Å². The third-order valence-corrected chi connectivity index (χ3v) is 6.09. The number of ether oxygens (including phenoxy) is 1. The van der Waals surface area contributed by atoms with E-state index in [4.69, 9.17) is 4.74 Å². The zero-order valence-electron chi connectivity index (χ0n) is 20.0. The molecule has 0 aliphatic heterocycles. The van der Waals surface area contributed by atoms with E-state index >= 15 is 0 Å². The SMILES string of the molecule is CN(CCOC(=O)/C=C/C(=O)c1ccc(F)cc1)C(C(=O)NC1CCCCC1)c1ccc(F)c(F)c1. The second-order valence-corrected chi connectivity index (χ2v) is 8.77. The third-order valence-electron chi connectivity index (χ3n) is 6.09. The number of nitrogens with one attached hydrogen (secondary N) is 1. The number of hydrogen-bond donors (Lipinski definition) is 1. The Morgan fingerprint density at radius 1 is 1.00 bits per heavy atom. The highest BCUT2D eigenvalue weighted by molar-refractivity contribution is 6.06. The van der Waals surface area contributed by atoms with Crippen molar-refractivity contribution < 1.29 is 32.3 Å². The topological polar surface area (TPSA) is 75.7 Å². The Labute approximate surface area is 208 Å². The van der Waals surface area contributed by atoms with E-state index in [1.54, 1.807) is 11.9 Å². The molecule has 1 aliphatic rings. The normalized spacial score (nSPS) is 15.1. The molecular formula is C27H29F3N2O4. The molecule has 1 unspecified atom stereocenters. The molecule has 1 fully saturated rings. The molecule has 1 amide bonds. The first-order valence-electron chi connectivity index (χ1n) is 11.8. The van der Waals surface area contributed by atoms with Gasteiger partial charge in [-0.3, -0.25) is 14.5 Å². The number of carbonyl (C=O) groups excluding carboxylic acids is 3. The molecule has 0 saturated heterocycles. The van der Waals surface area contributed by atoms with Crippen LogP contribution in [0.1, 0.15) is 54.1 Å². The van der Waals surface area contributed by atoms with E-state index in [2.05, 4.69) is 5.32 Å². The monoisotopic (exact) mass is 502 g/mol. The van der Waals surface area contributed by atoms with Crippen molar-refractivity contribution in [3.8, 4) is 0 Å². The number of amides is 1. The number of likely N-dealkylation sites (N-methyl/N-ethyl adjacent to an activating group) is 1. The van der Waals surface area contributed by atoms with Gasteiger partial charge in [-0.05, 0) is 67.9 Å². The highest BCUT2D eigenvalue weighted by Crippen LogP contribution is 2.24. The summed E-state index contributed by atoms with van der Waals surface area (Å²) in [4.78, 5) is 38.8. The van der Waals surface area contributed by atoms with E-state index in [0.29, 0.717) is 0 Å². The lowest BCUT2D eigenvalue weighted by Crippen LogP contribution is -2.44. The Kier molecular flexibility index (Phi) is 9.81. The second kappa shape index (κ2) is 13.0. The molecule has 0 heterocycles. The molecule has 2 aromatic carbocycles. The fraction of sp³-hybridized carbons (Fsp3) is 0.370. The van der Waals surface area contributed by atoms with Gasteiger partial charge in [0.2, 0.25) is 5.91 Å². The summed E-state index contributed by atoms with van der Waals surface area (Å²) in [6.07, 6.45) is 6.87. The van der Waals surface area contributed by atoms with Crippen LogP contribution in [0.3, 0.4) is 0 Å². The number of allylic oxidation sites excluding steroid dienone is 1. The number of rotatable bonds is 10. The van der Waals surface area contributed by atoms with Gasteiger partial charge in [0.1, 0.15) is 18.5 Å². The van der Waals surface area contributed by atoms with Gasteiger partial charge in [0.05, 0.1) is 0 Å². The van der Waals surface area contributed by atoms with Crippen LogP contribution in [0.2, 0.25) is 0 Å². The first-order chi connectivity index (χ1) is 17.2. The van der Waals surface area contributed by atoms with Gasteiger partial charge in [-0.25, -0.2) is 18.0 Å². The van der Waals surface area contributed by atoms with Gasteiger partial charge >= 0.3 is 5.97 Å². The fourth-order valence-corrected chi connectivity index (χ4v) is 4.14. The lowest BCUT2D eigenvalue weighted by atomic mass is 9.94. The van der Waals surface area contributed by atoms with E-state index in [0.717, 1.165) is 68.5 Å². The minimum absolute atomic E-state index is 0.0223. The molecule has 1 N–H and O–H groups in total. The Bertz CT molecular complexity index is 1100. The van der Waals surface area contributed by atoms with Gasteiger partial charge in [0.25, 0.3) is 0 Å².